The maximum atomic E-state index is 13.4. The van der Waals surface area contributed by atoms with Gasteiger partial charge in [0.2, 0.25) is 5.91 Å². The van der Waals surface area contributed by atoms with Crippen LogP contribution < -0.4 is 14.9 Å². The molecule has 3 rings (SSSR count). The number of nitrogens with one attached hydrogen (secondary N) is 2. The van der Waals surface area contributed by atoms with E-state index in [0.717, 1.165) is 9.87 Å². The summed E-state index contributed by atoms with van der Waals surface area (Å²) in [4.78, 5) is 25.6. The van der Waals surface area contributed by atoms with Gasteiger partial charge in [-0.05, 0) is 43.3 Å². The van der Waals surface area contributed by atoms with Crippen molar-refractivity contribution in [2.75, 3.05) is 36.4 Å². The number of carbonyl (C=O) groups excluding carboxylic acids is 2. The van der Waals surface area contributed by atoms with E-state index in [1.54, 1.807) is 66.7 Å². The van der Waals surface area contributed by atoms with Crippen LogP contribution in [0.1, 0.15) is 15.9 Å². The van der Waals surface area contributed by atoms with Crippen LogP contribution in [0.5, 0.6) is 0 Å². The van der Waals surface area contributed by atoms with E-state index in [9.17, 15) is 18.0 Å². The monoisotopic (exact) mass is 481 g/mol. The largest absolute Gasteiger partial charge is 0.383 e. The Morgan fingerprint density at radius 3 is 2.24 bits per heavy atom. The lowest BCUT2D eigenvalue weighted by atomic mass is 10.1. The number of nitrogens with zero attached hydrogens (tertiary/aromatic N) is 1. The smallest absolute Gasteiger partial charge is 0.264 e. The van der Waals surface area contributed by atoms with Gasteiger partial charge in [-0.1, -0.05) is 48.0 Å². The SMILES string of the molecule is COCCNC(=O)c1ccccc1NC(=O)CN(c1ccccc1)S(=O)(=O)c1ccc(C)cc1. The molecule has 34 heavy (non-hydrogen) atoms. The summed E-state index contributed by atoms with van der Waals surface area (Å²) in [5.74, 6) is -0.961. The third-order valence-corrected chi connectivity index (χ3v) is 6.77. The molecule has 178 valence electrons. The Morgan fingerprint density at radius 2 is 1.56 bits per heavy atom. The van der Waals surface area contributed by atoms with Gasteiger partial charge in [-0.3, -0.25) is 13.9 Å². The molecular weight excluding hydrogens is 454 g/mol. The zero-order valence-electron chi connectivity index (χ0n) is 19.0. The molecule has 2 amide bonds. The minimum absolute atomic E-state index is 0.0766. The van der Waals surface area contributed by atoms with Gasteiger partial charge in [-0.15, -0.1) is 0 Å². The lowest BCUT2D eigenvalue weighted by Gasteiger charge is -2.24. The Kier molecular flexibility index (Phi) is 8.39. The first-order chi connectivity index (χ1) is 16.3. The van der Waals surface area contributed by atoms with Crippen LogP contribution in [0.25, 0.3) is 0 Å². The summed E-state index contributed by atoms with van der Waals surface area (Å²) >= 11 is 0. The molecule has 3 aromatic rings. The number of anilines is 2. The number of hydrogen-bond donors (Lipinski definition) is 2. The molecule has 0 fully saturated rings. The molecule has 0 heterocycles. The first kappa shape index (κ1) is 24.9. The minimum Gasteiger partial charge on any atom is -0.383 e. The van der Waals surface area contributed by atoms with Crippen LogP contribution in [0.3, 0.4) is 0 Å². The van der Waals surface area contributed by atoms with E-state index in [1.165, 1.54) is 19.2 Å². The molecule has 0 aliphatic heterocycles. The Labute approximate surface area is 199 Å². The zero-order valence-corrected chi connectivity index (χ0v) is 19.8. The average Bonchev–Trinajstić information content (AvgIpc) is 2.83. The number of aryl methyl sites for hydroxylation is 1. The molecule has 0 aliphatic rings. The number of sulfonamides is 1. The van der Waals surface area contributed by atoms with Crippen LogP contribution in [0.15, 0.2) is 83.8 Å². The molecule has 8 nitrogen and oxygen atoms in total. The summed E-state index contributed by atoms with van der Waals surface area (Å²) in [6.45, 7) is 2.05. The number of rotatable bonds is 10. The normalized spacial score (nSPS) is 11.0. The van der Waals surface area contributed by atoms with E-state index >= 15 is 0 Å². The summed E-state index contributed by atoms with van der Waals surface area (Å²) in [7, 11) is -2.49. The maximum absolute atomic E-state index is 13.4. The molecule has 0 radical (unpaired) electrons. The van der Waals surface area contributed by atoms with Gasteiger partial charge in [-0.2, -0.15) is 0 Å². The Bertz CT molecular complexity index is 1230. The molecular formula is C25H27N3O5S. The third kappa shape index (κ3) is 6.21. The van der Waals surface area contributed by atoms with Gasteiger partial charge >= 0.3 is 0 Å². The summed E-state index contributed by atoms with van der Waals surface area (Å²) in [5.41, 5.74) is 1.81. The van der Waals surface area contributed by atoms with Crippen molar-refractivity contribution in [2.24, 2.45) is 0 Å². The van der Waals surface area contributed by atoms with E-state index in [2.05, 4.69) is 10.6 Å². The van der Waals surface area contributed by atoms with E-state index in [1.807, 2.05) is 6.92 Å². The molecule has 0 aliphatic carbocycles. The fraction of sp³-hybridized carbons (Fsp3) is 0.200. The highest BCUT2D eigenvalue weighted by Crippen LogP contribution is 2.24. The van der Waals surface area contributed by atoms with Crippen molar-refractivity contribution in [1.82, 2.24) is 5.32 Å². The Morgan fingerprint density at radius 1 is 0.912 bits per heavy atom. The molecule has 0 unspecified atom stereocenters. The predicted octanol–water partition coefficient (Wildman–Crippen LogP) is 3.21. The molecule has 2 N–H and O–H groups in total. The van der Waals surface area contributed by atoms with Gasteiger partial charge in [-0.25, -0.2) is 8.42 Å². The Hall–Kier alpha value is -3.69. The molecule has 0 bridgehead atoms. The molecule has 0 aromatic heterocycles. The highest BCUT2D eigenvalue weighted by molar-refractivity contribution is 7.92. The summed E-state index contributed by atoms with van der Waals surface area (Å²) in [5, 5.41) is 5.39. The third-order valence-electron chi connectivity index (χ3n) is 4.98. The second kappa shape index (κ2) is 11.4. The van der Waals surface area contributed by atoms with Crippen LogP contribution in [-0.4, -0.2) is 47.0 Å². The van der Waals surface area contributed by atoms with Crippen molar-refractivity contribution in [3.8, 4) is 0 Å². The Balaban J connectivity index is 1.85. The second-order valence-electron chi connectivity index (χ2n) is 7.50. The molecule has 0 saturated carbocycles. The number of carbonyl (C=O) groups is 2. The van der Waals surface area contributed by atoms with E-state index in [-0.39, 0.29) is 22.1 Å². The van der Waals surface area contributed by atoms with Crippen molar-refractivity contribution in [3.63, 3.8) is 0 Å². The van der Waals surface area contributed by atoms with Gasteiger partial charge in [0.1, 0.15) is 6.54 Å². The number of hydrogen-bond acceptors (Lipinski definition) is 5. The van der Waals surface area contributed by atoms with Crippen LogP contribution in [0.2, 0.25) is 0 Å². The fourth-order valence-electron chi connectivity index (χ4n) is 3.22. The summed E-state index contributed by atoms with van der Waals surface area (Å²) in [6.07, 6.45) is 0. The van der Waals surface area contributed by atoms with Gasteiger partial charge in [0.05, 0.1) is 28.4 Å². The van der Waals surface area contributed by atoms with Crippen LogP contribution >= 0.6 is 0 Å². The quantitative estimate of drug-likeness (QED) is 0.433. The number of benzene rings is 3. The predicted molar refractivity (Wildman–Crippen MR) is 131 cm³/mol. The number of methoxy groups -OCH3 is 1. The fourth-order valence-corrected chi connectivity index (χ4v) is 4.64. The second-order valence-corrected chi connectivity index (χ2v) is 9.37. The van der Waals surface area contributed by atoms with Gasteiger partial charge in [0.25, 0.3) is 15.9 Å². The van der Waals surface area contributed by atoms with E-state index < -0.39 is 22.5 Å². The van der Waals surface area contributed by atoms with Crippen LogP contribution in [0.4, 0.5) is 11.4 Å². The number of para-hydroxylation sites is 2. The molecule has 3 aromatic carbocycles. The van der Waals surface area contributed by atoms with Crippen LogP contribution in [0, 0.1) is 6.92 Å². The minimum atomic E-state index is -4.02. The summed E-state index contributed by atoms with van der Waals surface area (Å²) < 4.78 is 32.8. The highest BCUT2D eigenvalue weighted by atomic mass is 32.2. The van der Waals surface area contributed by atoms with Crippen molar-refractivity contribution in [2.45, 2.75) is 11.8 Å². The molecule has 0 spiro atoms. The topological polar surface area (TPSA) is 105 Å². The van der Waals surface area contributed by atoms with Gasteiger partial charge in [0.15, 0.2) is 0 Å². The standard InChI is InChI=1S/C25H27N3O5S/c1-19-12-14-21(15-13-19)34(31,32)28(20-8-4-3-5-9-20)18-24(29)27-23-11-7-6-10-22(23)25(30)26-16-17-33-2/h3-15H,16-18H2,1-2H3,(H,26,30)(H,27,29). The van der Waals surface area contributed by atoms with Crippen molar-refractivity contribution < 1.29 is 22.7 Å². The van der Waals surface area contributed by atoms with E-state index in [4.69, 9.17) is 4.74 Å². The maximum Gasteiger partial charge on any atom is 0.264 e. The average molecular weight is 482 g/mol. The zero-order chi connectivity index (χ0) is 24.6. The van der Waals surface area contributed by atoms with Crippen molar-refractivity contribution >= 4 is 33.2 Å². The molecule has 0 saturated heterocycles. The van der Waals surface area contributed by atoms with E-state index in [0.29, 0.717) is 18.8 Å². The van der Waals surface area contributed by atoms with Crippen molar-refractivity contribution in [3.05, 3.63) is 90.0 Å². The first-order valence-electron chi connectivity index (χ1n) is 10.6. The lowest BCUT2D eigenvalue weighted by molar-refractivity contribution is -0.114. The van der Waals surface area contributed by atoms with Crippen LogP contribution in [-0.2, 0) is 19.6 Å². The summed E-state index contributed by atoms with van der Waals surface area (Å²) in [6, 6.07) is 21.4. The van der Waals surface area contributed by atoms with Gasteiger partial charge < -0.3 is 15.4 Å². The van der Waals surface area contributed by atoms with Gasteiger partial charge in [0, 0.05) is 13.7 Å². The molecule has 9 heteroatoms. The van der Waals surface area contributed by atoms with Crippen molar-refractivity contribution in [1.29, 1.82) is 0 Å². The first-order valence-corrected chi connectivity index (χ1v) is 12.1. The number of amides is 2. The molecule has 0 atom stereocenters. The number of ether oxygens (including phenoxy) is 1. The lowest BCUT2D eigenvalue weighted by Crippen LogP contribution is -2.38. The highest BCUT2D eigenvalue weighted by Gasteiger charge is 2.27.